The Morgan fingerprint density at radius 1 is 1.04 bits per heavy atom. The van der Waals surface area contributed by atoms with E-state index in [2.05, 4.69) is 28.4 Å². The van der Waals surface area contributed by atoms with Gasteiger partial charge in [-0.15, -0.1) is 0 Å². The van der Waals surface area contributed by atoms with Crippen LogP contribution in [0.15, 0.2) is 30.3 Å². The Morgan fingerprint density at radius 2 is 1.96 bits per heavy atom. The van der Waals surface area contributed by atoms with Crippen LogP contribution >= 0.6 is 23.2 Å². The second-order valence-corrected chi connectivity index (χ2v) is 7.63. The van der Waals surface area contributed by atoms with E-state index in [0.717, 1.165) is 25.1 Å². The Hall–Kier alpha value is -1.22. The Labute approximate surface area is 146 Å². The number of halogens is 2. The maximum atomic E-state index is 6.22. The van der Waals surface area contributed by atoms with Crippen LogP contribution in [-0.2, 0) is 6.42 Å². The molecular formula is C19H18Cl2N2. The molecule has 0 saturated carbocycles. The molecule has 3 aliphatic rings. The summed E-state index contributed by atoms with van der Waals surface area (Å²) >= 11 is 12.3. The average molecular weight is 345 g/mol. The molecule has 5 rings (SSSR count). The predicted octanol–water partition coefficient (Wildman–Crippen LogP) is 4.48. The molecule has 0 aliphatic carbocycles. The number of nitrogens with zero attached hydrogens (tertiary/aromatic N) is 1. The second-order valence-electron chi connectivity index (χ2n) is 6.81. The number of hydrogen-bond acceptors (Lipinski definition) is 2. The van der Waals surface area contributed by atoms with Crippen molar-refractivity contribution in [2.24, 2.45) is 0 Å². The number of piperidine rings is 1. The van der Waals surface area contributed by atoms with E-state index in [0.29, 0.717) is 22.0 Å². The Morgan fingerprint density at radius 3 is 2.83 bits per heavy atom. The minimum atomic E-state index is 0.615. The monoisotopic (exact) mass is 344 g/mol. The summed E-state index contributed by atoms with van der Waals surface area (Å²) in [5.41, 5.74) is 6.97. The Kier molecular flexibility index (Phi) is 3.16. The van der Waals surface area contributed by atoms with Gasteiger partial charge < -0.3 is 10.2 Å². The van der Waals surface area contributed by atoms with Crippen LogP contribution in [0.4, 0.5) is 5.69 Å². The van der Waals surface area contributed by atoms with E-state index in [1.807, 2.05) is 12.1 Å². The lowest BCUT2D eigenvalue weighted by Gasteiger charge is -2.32. The van der Waals surface area contributed by atoms with Crippen LogP contribution in [0, 0.1) is 0 Å². The van der Waals surface area contributed by atoms with Crippen molar-refractivity contribution < 1.29 is 0 Å². The summed E-state index contributed by atoms with van der Waals surface area (Å²) in [5.74, 6) is 0.625. The third-order valence-electron chi connectivity index (χ3n) is 5.63. The molecule has 0 aromatic heterocycles. The molecule has 1 saturated heterocycles. The van der Waals surface area contributed by atoms with Gasteiger partial charge in [0, 0.05) is 30.7 Å². The quantitative estimate of drug-likeness (QED) is 0.820. The molecule has 0 radical (unpaired) electrons. The molecule has 118 valence electrons. The van der Waals surface area contributed by atoms with E-state index in [-0.39, 0.29) is 0 Å². The molecule has 0 bridgehead atoms. The lowest BCUT2D eigenvalue weighted by Crippen LogP contribution is -2.43. The van der Waals surface area contributed by atoms with Gasteiger partial charge in [0.15, 0.2) is 0 Å². The number of anilines is 1. The number of fused-ring (bicyclic) bond motifs is 3. The molecule has 4 heteroatoms. The Balaban J connectivity index is 1.66. The number of hydrogen-bond donors (Lipinski definition) is 1. The largest absolute Gasteiger partial charge is 0.367 e. The smallest absolute Gasteiger partial charge is 0.0598 e. The van der Waals surface area contributed by atoms with E-state index in [1.165, 1.54) is 35.3 Å². The lowest BCUT2D eigenvalue weighted by atomic mass is 9.87. The minimum Gasteiger partial charge on any atom is -0.367 e. The van der Waals surface area contributed by atoms with Gasteiger partial charge in [0.2, 0.25) is 0 Å². The van der Waals surface area contributed by atoms with Crippen LogP contribution < -0.4 is 10.2 Å². The predicted molar refractivity (Wildman–Crippen MR) is 97.0 cm³/mol. The zero-order valence-electron chi connectivity index (χ0n) is 12.8. The van der Waals surface area contributed by atoms with E-state index in [9.17, 15) is 0 Å². The highest BCUT2D eigenvalue weighted by Crippen LogP contribution is 2.49. The molecule has 0 unspecified atom stereocenters. The molecule has 23 heavy (non-hydrogen) atoms. The van der Waals surface area contributed by atoms with Gasteiger partial charge in [-0.25, -0.2) is 0 Å². The topological polar surface area (TPSA) is 15.3 Å². The molecule has 2 aromatic rings. The van der Waals surface area contributed by atoms with Gasteiger partial charge in [0.05, 0.1) is 10.0 Å². The van der Waals surface area contributed by atoms with E-state index in [1.54, 1.807) is 0 Å². The number of nitrogens with one attached hydrogen (secondary N) is 1. The highest BCUT2D eigenvalue weighted by atomic mass is 35.5. The SMILES string of the molecule is Clc1ccc(-c2cc3c4c(c2)[C@H]2CNCC[C@H]2N4CC3)cc1Cl. The summed E-state index contributed by atoms with van der Waals surface area (Å²) in [4.78, 5) is 2.66. The van der Waals surface area contributed by atoms with Crippen LogP contribution in [0.3, 0.4) is 0 Å². The molecule has 3 heterocycles. The highest BCUT2D eigenvalue weighted by Gasteiger charge is 2.43. The first-order valence-electron chi connectivity index (χ1n) is 8.32. The van der Waals surface area contributed by atoms with Crippen LogP contribution in [0.25, 0.3) is 11.1 Å². The third kappa shape index (κ3) is 2.05. The van der Waals surface area contributed by atoms with Crippen molar-refractivity contribution in [3.63, 3.8) is 0 Å². The van der Waals surface area contributed by atoms with E-state index < -0.39 is 0 Å². The molecule has 0 spiro atoms. The van der Waals surface area contributed by atoms with Gasteiger partial charge in [-0.05, 0) is 65.9 Å². The maximum absolute atomic E-state index is 6.22. The first-order chi connectivity index (χ1) is 11.2. The fraction of sp³-hybridized carbons (Fsp3) is 0.368. The van der Waals surface area contributed by atoms with Crippen LogP contribution in [-0.4, -0.2) is 25.7 Å². The zero-order chi connectivity index (χ0) is 15.6. The van der Waals surface area contributed by atoms with Crippen molar-refractivity contribution in [2.75, 3.05) is 24.5 Å². The van der Waals surface area contributed by atoms with Crippen molar-refractivity contribution in [2.45, 2.75) is 24.8 Å². The molecule has 1 fully saturated rings. The van der Waals surface area contributed by atoms with Gasteiger partial charge >= 0.3 is 0 Å². The van der Waals surface area contributed by atoms with Crippen molar-refractivity contribution in [1.29, 1.82) is 0 Å². The fourth-order valence-corrected chi connectivity index (χ4v) is 4.90. The highest BCUT2D eigenvalue weighted by molar-refractivity contribution is 6.42. The zero-order valence-corrected chi connectivity index (χ0v) is 14.3. The van der Waals surface area contributed by atoms with Crippen molar-refractivity contribution in [3.05, 3.63) is 51.5 Å². The average Bonchev–Trinajstić information content (AvgIpc) is 3.13. The summed E-state index contributed by atoms with van der Waals surface area (Å²) in [6, 6.07) is 11.4. The summed E-state index contributed by atoms with van der Waals surface area (Å²) in [6.45, 7) is 3.41. The van der Waals surface area contributed by atoms with E-state index in [4.69, 9.17) is 23.2 Å². The van der Waals surface area contributed by atoms with Gasteiger partial charge in [-0.2, -0.15) is 0 Å². The summed E-state index contributed by atoms with van der Waals surface area (Å²) < 4.78 is 0. The number of benzene rings is 2. The Bertz CT molecular complexity index is 802. The van der Waals surface area contributed by atoms with Crippen LogP contribution in [0.2, 0.25) is 10.0 Å². The van der Waals surface area contributed by atoms with Gasteiger partial charge in [-0.3, -0.25) is 0 Å². The molecule has 1 N–H and O–H groups in total. The molecule has 3 aliphatic heterocycles. The van der Waals surface area contributed by atoms with Gasteiger partial charge in [-0.1, -0.05) is 29.3 Å². The van der Waals surface area contributed by atoms with Gasteiger partial charge in [0.1, 0.15) is 0 Å². The van der Waals surface area contributed by atoms with Crippen molar-refractivity contribution >= 4 is 28.9 Å². The minimum absolute atomic E-state index is 0.615. The van der Waals surface area contributed by atoms with Gasteiger partial charge in [0.25, 0.3) is 0 Å². The third-order valence-corrected chi connectivity index (χ3v) is 6.36. The summed E-state index contributed by atoms with van der Waals surface area (Å²) in [5, 5.41) is 4.81. The molecular weight excluding hydrogens is 327 g/mol. The van der Waals surface area contributed by atoms with Crippen molar-refractivity contribution in [3.8, 4) is 11.1 Å². The normalized spacial score (nSPS) is 24.7. The summed E-state index contributed by atoms with van der Waals surface area (Å²) in [7, 11) is 0. The number of rotatable bonds is 1. The van der Waals surface area contributed by atoms with Crippen LogP contribution in [0.5, 0.6) is 0 Å². The molecule has 2 atom stereocenters. The summed E-state index contributed by atoms with van der Waals surface area (Å²) in [6.07, 6.45) is 2.41. The second kappa shape index (κ2) is 5.14. The van der Waals surface area contributed by atoms with Crippen molar-refractivity contribution in [1.82, 2.24) is 5.32 Å². The standard InChI is InChI=1S/C19H18Cl2N2/c20-16-2-1-11(9-17(16)21)13-7-12-4-6-23-18-3-5-22-10-15(18)14(8-13)19(12)23/h1-2,7-9,15,18,22H,3-6,10H2/t15-,18-/m1/s1. The molecule has 2 aromatic carbocycles. The maximum Gasteiger partial charge on any atom is 0.0598 e. The first-order valence-corrected chi connectivity index (χ1v) is 9.07. The fourth-order valence-electron chi connectivity index (χ4n) is 4.60. The van der Waals surface area contributed by atoms with E-state index >= 15 is 0 Å². The van der Waals surface area contributed by atoms with Crippen LogP contribution in [0.1, 0.15) is 23.5 Å². The molecule has 0 amide bonds. The lowest BCUT2D eigenvalue weighted by molar-refractivity contribution is 0.405. The molecule has 2 nitrogen and oxygen atoms in total. The first kappa shape index (κ1) is 14.2.